The highest BCUT2D eigenvalue weighted by Crippen LogP contribution is 2.22. The largest absolute Gasteiger partial charge is 0.389 e. The monoisotopic (exact) mass is 305 g/mol. The highest BCUT2D eigenvalue weighted by molar-refractivity contribution is 5.73. The second-order valence-corrected chi connectivity index (χ2v) is 6.79. The third-order valence-electron chi connectivity index (χ3n) is 3.92. The molecule has 5 nitrogen and oxygen atoms in total. The number of anilines is 1. The number of likely N-dealkylation sites (N-methyl/N-ethyl adjacent to an activating group) is 1. The van der Waals surface area contributed by atoms with Gasteiger partial charge in [0.1, 0.15) is 0 Å². The van der Waals surface area contributed by atoms with Crippen molar-refractivity contribution in [2.75, 3.05) is 38.1 Å². The summed E-state index contributed by atoms with van der Waals surface area (Å²) in [4.78, 5) is 15.9. The highest BCUT2D eigenvalue weighted by atomic mass is 16.3. The summed E-state index contributed by atoms with van der Waals surface area (Å²) in [5.41, 5.74) is 0.374. The molecule has 0 aliphatic carbocycles. The van der Waals surface area contributed by atoms with E-state index in [1.807, 2.05) is 6.07 Å². The average Bonchev–Trinajstić information content (AvgIpc) is 2.92. The summed E-state index contributed by atoms with van der Waals surface area (Å²) in [6, 6.07) is 10.2. The van der Waals surface area contributed by atoms with Crippen LogP contribution in [-0.4, -0.2) is 54.9 Å². The first kappa shape index (κ1) is 16.6. The summed E-state index contributed by atoms with van der Waals surface area (Å²) in [7, 11) is 1.71. The molecule has 1 aromatic rings. The Kier molecular flexibility index (Phi) is 5.29. The molecule has 1 atom stereocenters. The van der Waals surface area contributed by atoms with Crippen LogP contribution in [0.4, 0.5) is 10.5 Å². The maximum atomic E-state index is 12.0. The smallest absolute Gasteiger partial charge is 0.317 e. The first-order chi connectivity index (χ1) is 10.3. The van der Waals surface area contributed by atoms with Gasteiger partial charge in [0.2, 0.25) is 0 Å². The zero-order chi connectivity index (χ0) is 16.2. The Morgan fingerprint density at radius 2 is 2.09 bits per heavy atom. The van der Waals surface area contributed by atoms with Crippen molar-refractivity contribution in [3.63, 3.8) is 0 Å². The van der Waals surface area contributed by atoms with E-state index in [-0.39, 0.29) is 6.03 Å². The van der Waals surface area contributed by atoms with Crippen LogP contribution < -0.4 is 10.2 Å². The maximum absolute atomic E-state index is 12.0. The van der Waals surface area contributed by atoms with Crippen LogP contribution in [-0.2, 0) is 0 Å². The molecule has 1 saturated heterocycles. The van der Waals surface area contributed by atoms with Gasteiger partial charge in [0, 0.05) is 32.4 Å². The van der Waals surface area contributed by atoms with Gasteiger partial charge < -0.3 is 20.2 Å². The SMILES string of the molecule is CN(CC(C)(C)O)C(=O)NCC1CCN(c2ccccc2)C1. The second kappa shape index (κ2) is 7.01. The summed E-state index contributed by atoms with van der Waals surface area (Å²) in [6.45, 7) is 6.40. The van der Waals surface area contributed by atoms with Crippen LogP contribution in [0.25, 0.3) is 0 Å². The Morgan fingerprint density at radius 1 is 1.41 bits per heavy atom. The molecule has 1 fully saturated rings. The van der Waals surface area contributed by atoms with E-state index in [1.165, 1.54) is 10.6 Å². The Labute approximate surface area is 132 Å². The van der Waals surface area contributed by atoms with Gasteiger partial charge in [-0.2, -0.15) is 0 Å². The van der Waals surface area contributed by atoms with Crippen molar-refractivity contribution in [3.05, 3.63) is 30.3 Å². The van der Waals surface area contributed by atoms with Crippen molar-refractivity contribution in [2.24, 2.45) is 5.92 Å². The average molecular weight is 305 g/mol. The summed E-state index contributed by atoms with van der Waals surface area (Å²) in [5.74, 6) is 0.472. The molecule has 1 aliphatic heterocycles. The first-order valence-corrected chi connectivity index (χ1v) is 7.86. The van der Waals surface area contributed by atoms with Crippen molar-refractivity contribution in [1.82, 2.24) is 10.2 Å². The standard InChI is InChI=1S/C17H27N3O2/c1-17(2,22)13-19(3)16(21)18-11-14-9-10-20(12-14)15-7-5-4-6-8-15/h4-8,14,22H,9-13H2,1-3H3,(H,18,21). The number of para-hydroxylation sites is 1. The van der Waals surface area contributed by atoms with E-state index in [1.54, 1.807) is 20.9 Å². The molecule has 0 bridgehead atoms. The molecule has 0 aromatic heterocycles. The number of amides is 2. The molecule has 1 aliphatic rings. The van der Waals surface area contributed by atoms with Gasteiger partial charge in [-0.15, -0.1) is 0 Å². The van der Waals surface area contributed by atoms with Crippen molar-refractivity contribution in [1.29, 1.82) is 0 Å². The van der Waals surface area contributed by atoms with Crippen LogP contribution in [0.15, 0.2) is 30.3 Å². The number of nitrogens with zero attached hydrogens (tertiary/aromatic N) is 2. The highest BCUT2D eigenvalue weighted by Gasteiger charge is 2.24. The van der Waals surface area contributed by atoms with Gasteiger partial charge in [0.05, 0.1) is 12.1 Å². The van der Waals surface area contributed by atoms with Gasteiger partial charge >= 0.3 is 6.03 Å². The zero-order valence-corrected chi connectivity index (χ0v) is 13.7. The van der Waals surface area contributed by atoms with Crippen molar-refractivity contribution in [3.8, 4) is 0 Å². The van der Waals surface area contributed by atoms with Crippen LogP contribution in [0.2, 0.25) is 0 Å². The number of carbonyl (C=O) groups is 1. The third-order valence-corrected chi connectivity index (χ3v) is 3.92. The normalized spacial score (nSPS) is 18.4. The lowest BCUT2D eigenvalue weighted by molar-refractivity contribution is 0.0531. The van der Waals surface area contributed by atoms with Crippen LogP contribution in [0.1, 0.15) is 20.3 Å². The molecule has 0 radical (unpaired) electrons. The first-order valence-electron chi connectivity index (χ1n) is 7.86. The van der Waals surface area contributed by atoms with Gasteiger partial charge in [-0.25, -0.2) is 4.79 Å². The molecule has 2 amide bonds. The van der Waals surface area contributed by atoms with Crippen LogP contribution in [0, 0.1) is 5.92 Å². The summed E-state index contributed by atoms with van der Waals surface area (Å²) < 4.78 is 0. The molecule has 22 heavy (non-hydrogen) atoms. The van der Waals surface area contributed by atoms with E-state index >= 15 is 0 Å². The van der Waals surface area contributed by atoms with Crippen molar-refractivity contribution >= 4 is 11.7 Å². The van der Waals surface area contributed by atoms with E-state index in [0.717, 1.165) is 19.5 Å². The molecule has 2 rings (SSSR count). The lowest BCUT2D eigenvalue weighted by Gasteiger charge is -2.26. The van der Waals surface area contributed by atoms with Crippen LogP contribution in [0.5, 0.6) is 0 Å². The quantitative estimate of drug-likeness (QED) is 0.874. The fraction of sp³-hybridized carbons (Fsp3) is 0.588. The number of rotatable bonds is 5. The molecule has 122 valence electrons. The number of benzene rings is 1. The fourth-order valence-electron chi connectivity index (χ4n) is 2.89. The zero-order valence-electron chi connectivity index (χ0n) is 13.7. The topological polar surface area (TPSA) is 55.8 Å². The molecular formula is C17H27N3O2. The lowest BCUT2D eigenvalue weighted by Crippen LogP contribution is -2.45. The van der Waals surface area contributed by atoms with E-state index in [2.05, 4.69) is 34.5 Å². The number of urea groups is 1. The molecule has 5 heteroatoms. The van der Waals surface area contributed by atoms with E-state index in [4.69, 9.17) is 0 Å². The van der Waals surface area contributed by atoms with E-state index in [0.29, 0.717) is 19.0 Å². The molecular weight excluding hydrogens is 278 g/mol. The number of hydrogen-bond donors (Lipinski definition) is 2. The number of carbonyl (C=O) groups excluding carboxylic acids is 1. The van der Waals surface area contributed by atoms with Gasteiger partial charge in [-0.05, 0) is 38.3 Å². The van der Waals surface area contributed by atoms with Gasteiger partial charge in [-0.3, -0.25) is 0 Å². The Balaban J connectivity index is 1.75. The Bertz CT molecular complexity index is 484. The summed E-state index contributed by atoms with van der Waals surface area (Å²) in [5, 5.41) is 12.7. The fourth-order valence-corrected chi connectivity index (χ4v) is 2.89. The number of aliphatic hydroxyl groups is 1. The Hall–Kier alpha value is -1.75. The summed E-state index contributed by atoms with van der Waals surface area (Å²) >= 11 is 0. The molecule has 0 saturated carbocycles. The molecule has 0 spiro atoms. The summed E-state index contributed by atoms with van der Waals surface area (Å²) in [6.07, 6.45) is 1.09. The Morgan fingerprint density at radius 3 is 2.73 bits per heavy atom. The maximum Gasteiger partial charge on any atom is 0.317 e. The number of nitrogens with one attached hydrogen (secondary N) is 1. The number of hydrogen-bond acceptors (Lipinski definition) is 3. The van der Waals surface area contributed by atoms with Gasteiger partial charge in [0.15, 0.2) is 0 Å². The predicted octanol–water partition coefficient (Wildman–Crippen LogP) is 1.93. The lowest BCUT2D eigenvalue weighted by atomic mass is 10.1. The van der Waals surface area contributed by atoms with Gasteiger partial charge in [-0.1, -0.05) is 18.2 Å². The van der Waals surface area contributed by atoms with Crippen molar-refractivity contribution < 1.29 is 9.90 Å². The van der Waals surface area contributed by atoms with E-state index in [9.17, 15) is 9.90 Å². The van der Waals surface area contributed by atoms with Crippen LogP contribution in [0.3, 0.4) is 0 Å². The molecule has 1 aromatic carbocycles. The van der Waals surface area contributed by atoms with Crippen molar-refractivity contribution in [2.45, 2.75) is 25.9 Å². The molecule has 2 N–H and O–H groups in total. The van der Waals surface area contributed by atoms with Gasteiger partial charge in [0.25, 0.3) is 0 Å². The third kappa shape index (κ3) is 4.91. The van der Waals surface area contributed by atoms with Crippen LogP contribution >= 0.6 is 0 Å². The van der Waals surface area contributed by atoms with E-state index < -0.39 is 5.60 Å². The minimum atomic E-state index is -0.871. The second-order valence-electron chi connectivity index (χ2n) is 6.79. The predicted molar refractivity (Wildman–Crippen MR) is 89.1 cm³/mol. The minimum Gasteiger partial charge on any atom is -0.389 e. The minimum absolute atomic E-state index is 0.125. The molecule has 1 unspecified atom stereocenters. The molecule has 1 heterocycles.